The molecule has 0 N–H and O–H groups in total. The number of aromatic nitrogens is 1. The van der Waals surface area contributed by atoms with Crippen molar-refractivity contribution in [3.05, 3.63) is 47.1 Å². The van der Waals surface area contributed by atoms with Crippen molar-refractivity contribution in [2.45, 2.75) is 31.1 Å². The highest BCUT2D eigenvalue weighted by Gasteiger charge is 2.17. The van der Waals surface area contributed by atoms with E-state index in [4.69, 9.17) is 16.6 Å². The molecule has 1 atom stereocenters. The molecule has 0 saturated heterocycles. The summed E-state index contributed by atoms with van der Waals surface area (Å²) in [5.74, 6) is 0. The minimum Gasteiger partial charge on any atom is -0.612 e. The van der Waals surface area contributed by atoms with Gasteiger partial charge in [-0.05, 0) is 35.4 Å². The van der Waals surface area contributed by atoms with Crippen LogP contribution in [0.25, 0.3) is 11.3 Å². The van der Waals surface area contributed by atoms with Crippen molar-refractivity contribution < 1.29 is 4.55 Å². The van der Waals surface area contributed by atoms with E-state index in [1.165, 1.54) is 0 Å². The third-order valence-corrected chi connectivity index (χ3v) is 4.31. The average molecular weight is 308 g/mol. The van der Waals surface area contributed by atoms with E-state index in [-0.39, 0.29) is 5.41 Å². The van der Waals surface area contributed by atoms with Crippen LogP contribution in [0.3, 0.4) is 0 Å². The number of nitrogens with zero attached hydrogens (tertiary/aromatic N) is 1. The molecular weight excluding hydrogens is 290 g/mol. The van der Waals surface area contributed by atoms with Crippen LogP contribution in [-0.4, -0.2) is 15.8 Å². The Hall–Kier alpha value is -1.03. The fraction of sp³-hybridized carbons (Fsp3) is 0.312. The molecule has 0 radical (unpaired) electrons. The summed E-state index contributed by atoms with van der Waals surface area (Å²) in [6, 6.07) is 11.3. The smallest absolute Gasteiger partial charge is 0.153 e. The largest absolute Gasteiger partial charge is 0.612 e. The second-order valence-corrected chi connectivity index (χ2v) is 7.54. The van der Waals surface area contributed by atoms with Crippen molar-refractivity contribution in [3.63, 3.8) is 0 Å². The van der Waals surface area contributed by atoms with E-state index in [1.807, 2.05) is 24.3 Å². The Morgan fingerprint density at radius 3 is 2.45 bits per heavy atom. The van der Waals surface area contributed by atoms with Crippen LogP contribution >= 0.6 is 11.6 Å². The van der Waals surface area contributed by atoms with Gasteiger partial charge in [-0.25, -0.2) is 0 Å². The molecule has 1 unspecified atom stereocenters. The molecule has 2 nitrogen and oxygen atoms in total. The van der Waals surface area contributed by atoms with E-state index in [0.29, 0.717) is 5.02 Å². The molecule has 0 aliphatic rings. The second kappa shape index (κ2) is 5.76. The average Bonchev–Trinajstić information content (AvgIpc) is 2.38. The summed E-state index contributed by atoms with van der Waals surface area (Å²) in [5.41, 5.74) is 2.63. The molecule has 0 bridgehead atoms. The normalized spacial score (nSPS) is 13.3. The lowest BCUT2D eigenvalue weighted by Gasteiger charge is -2.18. The Bertz CT molecular complexity index is 620. The van der Waals surface area contributed by atoms with Crippen LogP contribution in [0.5, 0.6) is 0 Å². The molecule has 106 valence electrons. The summed E-state index contributed by atoms with van der Waals surface area (Å²) in [4.78, 5) is 5.45. The molecule has 0 spiro atoms. The van der Waals surface area contributed by atoms with Gasteiger partial charge in [0.05, 0.1) is 10.7 Å². The minimum absolute atomic E-state index is 0.0202. The van der Waals surface area contributed by atoms with Gasteiger partial charge in [0.25, 0.3) is 0 Å². The first kappa shape index (κ1) is 15.4. The maximum absolute atomic E-state index is 11.6. The standard InChI is InChI=1S/C16H18ClNOS/c1-16(2,3)15-7-5-6-14(18-15)12-10-11(20(4)19)8-9-13(12)17/h5-10H,1-4H3. The number of rotatable bonds is 2. The highest BCUT2D eigenvalue weighted by Crippen LogP contribution is 2.30. The van der Waals surface area contributed by atoms with E-state index < -0.39 is 11.2 Å². The Morgan fingerprint density at radius 2 is 1.85 bits per heavy atom. The second-order valence-electron chi connectivity index (χ2n) is 5.75. The van der Waals surface area contributed by atoms with Crippen molar-refractivity contribution in [1.82, 2.24) is 4.98 Å². The highest BCUT2D eigenvalue weighted by atomic mass is 35.5. The number of benzene rings is 1. The lowest BCUT2D eigenvalue weighted by molar-refractivity contribution is 0.569. The van der Waals surface area contributed by atoms with E-state index in [9.17, 15) is 4.55 Å². The van der Waals surface area contributed by atoms with Gasteiger partial charge in [-0.2, -0.15) is 0 Å². The van der Waals surface area contributed by atoms with Gasteiger partial charge < -0.3 is 4.55 Å². The van der Waals surface area contributed by atoms with Gasteiger partial charge in [0.1, 0.15) is 6.26 Å². The van der Waals surface area contributed by atoms with Crippen molar-refractivity contribution >= 4 is 22.8 Å². The zero-order valence-corrected chi connectivity index (χ0v) is 13.7. The van der Waals surface area contributed by atoms with Crippen LogP contribution in [0.2, 0.25) is 5.02 Å². The maximum atomic E-state index is 11.6. The maximum Gasteiger partial charge on any atom is 0.153 e. The van der Waals surface area contributed by atoms with Crippen LogP contribution in [0, 0.1) is 0 Å². The number of pyridine rings is 1. The molecule has 2 rings (SSSR count). The van der Waals surface area contributed by atoms with E-state index >= 15 is 0 Å². The number of hydrogen-bond acceptors (Lipinski definition) is 2. The van der Waals surface area contributed by atoms with Crippen LogP contribution < -0.4 is 0 Å². The molecule has 0 aliphatic carbocycles. The van der Waals surface area contributed by atoms with Gasteiger partial charge in [0, 0.05) is 22.7 Å². The Labute approximate surface area is 128 Å². The molecule has 1 aromatic carbocycles. The van der Waals surface area contributed by atoms with Gasteiger partial charge in [-0.3, -0.25) is 4.98 Å². The predicted octanol–water partition coefficient (Wildman–Crippen LogP) is 4.44. The zero-order chi connectivity index (χ0) is 14.9. The third kappa shape index (κ3) is 3.35. The molecule has 0 fully saturated rings. The van der Waals surface area contributed by atoms with Crippen LogP contribution in [-0.2, 0) is 16.6 Å². The number of halogens is 1. The first-order valence-corrected chi connectivity index (χ1v) is 8.33. The molecule has 0 saturated carbocycles. The lowest BCUT2D eigenvalue weighted by Crippen LogP contribution is -2.13. The van der Waals surface area contributed by atoms with E-state index in [2.05, 4.69) is 20.8 Å². The Balaban J connectivity index is 2.54. The summed E-state index contributed by atoms with van der Waals surface area (Å²) in [5, 5.41) is 0.623. The fourth-order valence-electron chi connectivity index (χ4n) is 1.88. The first-order chi connectivity index (χ1) is 9.29. The molecule has 2 aromatic rings. The predicted molar refractivity (Wildman–Crippen MR) is 85.7 cm³/mol. The third-order valence-electron chi connectivity index (χ3n) is 3.06. The summed E-state index contributed by atoms with van der Waals surface area (Å²) >= 11 is 5.23. The van der Waals surface area contributed by atoms with Crippen LogP contribution in [0.1, 0.15) is 26.5 Å². The summed E-state index contributed by atoms with van der Waals surface area (Å²) in [6.07, 6.45) is 1.66. The molecule has 1 heterocycles. The molecule has 4 heteroatoms. The Kier molecular flexibility index (Phi) is 4.43. The number of hydrogen-bond donors (Lipinski definition) is 0. The quantitative estimate of drug-likeness (QED) is 0.769. The SMILES string of the molecule is C[S+]([O-])c1ccc(Cl)c(-c2cccc(C(C)(C)C)n2)c1. The highest BCUT2D eigenvalue weighted by molar-refractivity contribution is 7.90. The van der Waals surface area contributed by atoms with Crippen LogP contribution in [0.4, 0.5) is 0 Å². The van der Waals surface area contributed by atoms with Crippen molar-refractivity contribution in [1.29, 1.82) is 0 Å². The molecule has 0 amide bonds. The molecular formula is C16H18ClNOS. The van der Waals surface area contributed by atoms with Gasteiger partial charge in [-0.15, -0.1) is 0 Å². The van der Waals surface area contributed by atoms with E-state index in [1.54, 1.807) is 18.4 Å². The summed E-state index contributed by atoms with van der Waals surface area (Å²) in [6.45, 7) is 6.37. The van der Waals surface area contributed by atoms with Crippen molar-refractivity contribution in [3.8, 4) is 11.3 Å². The van der Waals surface area contributed by atoms with E-state index in [0.717, 1.165) is 21.8 Å². The minimum atomic E-state index is -1.03. The first-order valence-electron chi connectivity index (χ1n) is 6.40. The topological polar surface area (TPSA) is 36.0 Å². The van der Waals surface area contributed by atoms with Gasteiger partial charge in [0.2, 0.25) is 0 Å². The summed E-state index contributed by atoms with van der Waals surface area (Å²) in [7, 11) is 0. The summed E-state index contributed by atoms with van der Waals surface area (Å²) < 4.78 is 11.6. The van der Waals surface area contributed by atoms with Gasteiger partial charge >= 0.3 is 0 Å². The molecule has 1 aromatic heterocycles. The Morgan fingerprint density at radius 1 is 1.15 bits per heavy atom. The van der Waals surface area contributed by atoms with Crippen molar-refractivity contribution in [2.75, 3.05) is 6.26 Å². The fourth-order valence-corrected chi connectivity index (χ4v) is 2.64. The lowest BCUT2D eigenvalue weighted by atomic mass is 9.91. The monoisotopic (exact) mass is 307 g/mol. The zero-order valence-electron chi connectivity index (χ0n) is 12.1. The van der Waals surface area contributed by atoms with Crippen LogP contribution in [0.15, 0.2) is 41.3 Å². The molecule has 20 heavy (non-hydrogen) atoms. The van der Waals surface area contributed by atoms with Gasteiger partial charge in [-0.1, -0.05) is 38.4 Å². The van der Waals surface area contributed by atoms with Gasteiger partial charge in [0.15, 0.2) is 4.90 Å². The molecule has 0 aliphatic heterocycles. The van der Waals surface area contributed by atoms with Crippen molar-refractivity contribution in [2.24, 2.45) is 0 Å².